The van der Waals surface area contributed by atoms with Crippen molar-refractivity contribution in [1.29, 1.82) is 0 Å². The molecule has 2 aromatic rings. The lowest BCUT2D eigenvalue weighted by Crippen LogP contribution is -2.14. The molecule has 0 aliphatic carbocycles. The zero-order valence-corrected chi connectivity index (χ0v) is 11.6. The molecule has 1 heterocycles. The number of carbonyl (C=O) groups is 1. The molecule has 1 aromatic heterocycles. The summed E-state index contributed by atoms with van der Waals surface area (Å²) in [6, 6.07) is 7.21. The van der Waals surface area contributed by atoms with Gasteiger partial charge in [-0.3, -0.25) is 9.48 Å². The number of halogens is 1. The van der Waals surface area contributed by atoms with Gasteiger partial charge in [0, 0.05) is 0 Å². The maximum Gasteiger partial charge on any atom is 0.187 e. The number of hydrogen-bond donors (Lipinski definition) is 0. The lowest BCUT2D eigenvalue weighted by atomic mass is 10.1. The van der Waals surface area contributed by atoms with Gasteiger partial charge in [-0.05, 0) is 26.0 Å². The molecule has 0 aliphatic heterocycles. The summed E-state index contributed by atoms with van der Waals surface area (Å²) in [7, 11) is 0. The number of aromatic nitrogens is 2. The number of carbonyl (C=O) groups excluding carboxylic acids is 1. The van der Waals surface area contributed by atoms with Gasteiger partial charge in [-0.25, -0.2) is 0 Å². The normalized spacial score (nSPS) is 10.5. The SMILES string of the molecule is CCOc1ccccc1C(=O)Cn1ncc(Cl)c1C. The van der Waals surface area contributed by atoms with Crippen LogP contribution in [0.15, 0.2) is 30.5 Å². The molecule has 0 atom stereocenters. The molecule has 19 heavy (non-hydrogen) atoms. The van der Waals surface area contributed by atoms with E-state index in [9.17, 15) is 4.79 Å². The van der Waals surface area contributed by atoms with Crippen molar-refractivity contribution >= 4 is 17.4 Å². The summed E-state index contributed by atoms with van der Waals surface area (Å²) in [6.45, 7) is 4.40. The Labute approximate surface area is 116 Å². The van der Waals surface area contributed by atoms with E-state index in [0.29, 0.717) is 22.9 Å². The molecule has 0 bridgehead atoms. The van der Waals surface area contributed by atoms with Crippen LogP contribution in [0.4, 0.5) is 0 Å². The van der Waals surface area contributed by atoms with Crippen molar-refractivity contribution in [2.45, 2.75) is 20.4 Å². The van der Waals surface area contributed by atoms with Gasteiger partial charge in [0.15, 0.2) is 5.78 Å². The zero-order valence-electron chi connectivity index (χ0n) is 10.9. The Morgan fingerprint density at radius 3 is 2.79 bits per heavy atom. The first-order chi connectivity index (χ1) is 9.13. The molecule has 0 N–H and O–H groups in total. The number of ether oxygens (including phenoxy) is 1. The fourth-order valence-electron chi connectivity index (χ4n) is 1.78. The van der Waals surface area contributed by atoms with Gasteiger partial charge >= 0.3 is 0 Å². The maximum atomic E-state index is 12.3. The van der Waals surface area contributed by atoms with Crippen LogP contribution in [0.2, 0.25) is 5.02 Å². The van der Waals surface area contributed by atoms with Crippen molar-refractivity contribution in [2.75, 3.05) is 6.61 Å². The molecule has 1 aromatic carbocycles. The number of Topliss-reactive ketones (excluding diaryl/α,β-unsaturated/α-hetero) is 1. The minimum Gasteiger partial charge on any atom is -0.493 e. The van der Waals surface area contributed by atoms with Crippen LogP contribution < -0.4 is 4.74 Å². The van der Waals surface area contributed by atoms with E-state index >= 15 is 0 Å². The Morgan fingerprint density at radius 2 is 2.16 bits per heavy atom. The van der Waals surface area contributed by atoms with Crippen molar-refractivity contribution < 1.29 is 9.53 Å². The van der Waals surface area contributed by atoms with Crippen LogP contribution in [-0.4, -0.2) is 22.2 Å². The van der Waals surface area contributed by atoms with Gasteiger partial charge in [-0.15, -0.1) is 0 Å². The molecule has 5 heteroatoms. The van der Waals surface area contributed by atoms with Crippen LogP contribution in [-0.2, 0) is 6.54 Å². The molecule has 0 aliphatic rings. The quantitative estimate of drug-likeness (QED) is 0.789. The topological polar surface area (TPSA) is 44.1 Å². The van der Waals surface area contributed by atoms with Crippen LogP contribution in [0.1, 0.15) is 23.0 Å². The molecule has 0 unspecified atom stereocenters. The smallest absolute Gasteiger partial charge is 0.187 e. The monoisotopic (exact) mass is 278 g/mol. The van der Waals surface area contributed by atoms with E-state index in [1.54, 1.807) is 23.0 Å². The van der Waals surface area contributed by atoms with Gasteiger partial charge in [0.05, 0.1) is 29.1 Å². The van der Waals surface area contributed by atoms with E-state index in [1.165, 1.54) is 0 Å². The molecule has 0 amide bonds. The van der Waals surface area contributed by atoms with Crippen molar-refractivity contribution in [3.63, 3.8) is 0 Å². The number of para-hydroxylation sites is 1. The Hall–Kier alpha value is -1.81. The molecule has 0 saturated heterocycles. The van der Waals surface area contributed by atoms with E-state index < -0.39 is 0 Å². The molecule has 100 valence electrons. The number of benzene rings is 1. The van der Waals surface area contributed by atoms with E-state index in [2.05, 4.69) is 5.10 Å². The van der Waals surface area contributed by atoms with Crippen LogP contribution in [0.3, 0.4) is 0 Å². The maximum absolute atomic E-state index is 12.3. The van der Waals surface area contributed by atoms with E-state index in [-0.39, 0.29) is 12.3 Å². The van der Waals surface area contributed by atoms with Gasteiger partial charge in [0.2, 0.25) is 0 Å². The summed E-state index contributed by atoms with van der Waals surface area (Å²) in [4.78, 5) is 12.3. The van der Waals surface area contributed by atoms with Gasteiger partial charge < -0.3 is 4.74 Å². The second-order valence-corrected chi connectivity index (χ2v) is 4.50. The summed E-state index contributed by atoms with van der Waals surface area (Å²) in [5.41, 5.74) is 1.35. The standard InChI is InChI=1S/C14H15ClN2O2/c1-3-19-14-7-5-4-6-11(14)13(18)9-17-10(2)12(15)8-16-17/h4-8H,3,9H2,1-2H3. The minimum atomic E-state index is -0.0492. The van der Waals surface area contributed by atoms with Crippen LogP contribution in [0, 0.1) is 6.92 Å². The predicted molar refractivity (Wildman–Crippen MR) is 73.9 cm³/mol. The summed E-state index contributed by atoms with van der Waals surface area (Å²) in [5, 5.41) is 4.64. The third-order valence-electron chi connectivity index (χ3n) is 2.82. The average Bonchev–Trinajstić information content (AvgIpc) is 2.72. The van der Waals surface area contributed by atoms with E-state index in [0.717, 1.165) is 5.69 Å². The van der Waals surface area contributed by atoms with E-state index in [1.807, 2.05) is 26.0 Å². The second kappa shape index (κ2) is 5.89. The van der Waals surface area contributed by atoms with Crippen molar-refractivity contribution in [3.8, 4) is 5.75 Å². The summed E-state index contributed by atoms with van der Waals surface area (Å²) >= 11 is 5.92. The first kappa shape index (κ1) is 13.6. The van der Waals surface area contributed by atoms with Crippen molar-refractivity contribution in [2.24, 2.45) is 0 Å². The van der Waals surface area contributed by atoms with E-state index in [4.69, 9.17) is 16.3 Å². The summed E-state index contributed by atoms with van der Waals surface area (Å²) in [5.74, 6) is 0.554. The zero-order chi connectivity index (χ0) is 13.8. The predicted octanol–water partition coefficient (Wildman–Crippen LogP) is 3.13. The third kappa shape index (κ3) is 2.96. The Bertz CT molecular complexity index is 593. The van der Waals surface area contributed by atoms with Gasteiger partial charge in [-0.1, -0.05) is 23.7 Å². The largest absolute Gasteiger partial charge is 0.493 e. The fraction of sp³-hybridized carbons (Fsp3) is 0.286. The van der Waals surface area contributed by atoms with Crippen LogP contribution >= 0.6 is 11.6 Å². The van der Waals surface area contributed by atoms with Crippen LogP contribution in [0.5, 0.6) is 5.75 Å². The van der Waals surface area contributed by atoms with Crippen molar-refractivity contribution in [1.82, 2.24) is 9.78 Å². The molecular formula is C14H15ClN2O2. The summed E-state index contributed by atoms with van der Waals surface area (Å²) < 4.78 is 7.05. The highest BCUT2D eigenvalue weighted by molar-refractivity contribution is 6.31. The molecule has 2 rings (SSSR count). The van der Waals surface area contributed by atoms with Crippen LogP contribution in [0.25, 0.3) is 0 Å². The fourth-order valence-corrected chi connectivity index (χ4v) is 1.92. The summed E-state index contributed by atoms with van der Waals surface area (Å²) in [6.07, 6.45) is 1.54. The highest BCUT2D eigenvalue weighted by Crippen LogP contribution is 2.20. The number of hydrogen-bond acceptors (Lipinski definition) is 3. The minimum absolute atomic E-state index is 0.0492. The lowest BCUT2D eigenvalue weighted by molar-refractivity contribution is 0.0963. The Balaban J connectivity index is 2.23. The third-order valence-corrected chi connectivity index (χ3v) is 3.20. The second-order valence-electron chi connectivity index (χ2n) is 4.09. The molecule has 0 spiro atoms. The highest BCUT2D eigenvalue weighted by atomic mass is 35.5. The molecule has 0 fully saturated rings. The molecular weight excluding hydrogens is 264 g/mol. The highest BCUT2D eigenvalue weighted by Gasteiger charge is 2.14. The van der Waals surface area contributed by atoms with Gasteiger partial charge in [0.1, 0.15) is 12.3 Å². The number of nitrogens with zero attached hydrogens (tertiary/aromatic N) is 2. The Morgan fingerprint density at radius 1 is 1.42 bits per heavy atom. The first-order valence-corrected chi connectivity index (χ1v) is 6.44. The number of rotatable bonds is 5. The van der Waals surface area contributed by atoms with Crippen molar-refractivity contribution in [3.05, 3.63) is 46.7 Å². The van der Waals surface area contributed by atoms with Gasteiger partial charge in [-0.2, -0.15) is 5.10 Å². The van der Waals surface area contributed by atoms with Gasteiger partial charge in [0.25, 0.3) is 0 Å². The Kier molecular flexibility index (Phi) is 4.22. The molecule has 0 saturated carbocycles. The average molecular weight is 279 g/mol. The number of ketones is 1. The molecule has 0 radical (unpaired) electrons. The lowest BCUT2D eigenvalue weighted by Gasteiger charge is -2.09. The first-order valence-electron chi connectivity index (χ1n) is 6.06. The molecule has 4 nitrogen and oxygen atoms in total.